The van der Waals surface area contributed by atoms with Crippen LogP contribution in [0.4, 0.5) is 5.95 Å². The molecule has 3 aliphatic rings. The van der Waals surface area contributed by atoms with Gasteiger partial charge < -0.3 is 14.7 Å². The second-order valence-corrected chi connectivity index (χ2v) is 7.80. The summed E-state index contributed by atoms with van der Waals surface area (Å²) in [6.45, 7) is 6.10. The standard InChI is InChI=1S/C19H29N3O2/c1-3-15-11-14(23)12-19(24-15)7-9-22(10-8-19)18-20-13(2)16-5-4-6-17(16)21-18/h14-15,23H,3-12H2,1-2H3/t14-,15+/m1/s1. The van der Waals surface area contributed by atoms with Gasteiger partial charge in [0.25, 0.3) is 0 Å². The Morgan fingerprint density at radius 1 is 1.25 bits per heavy atom. The Morgan fingerprint density at radius 3 is 2.79 bits per heavy atom. The van der Waals surface area contributed by atoms with Gasteiger partial charge >= 0.3 is 0 Å². The normalized spacial score (nSPS) is 29.0. The molecule has 1 spiro atoms. The van der Waals surface area contributed by atoms with Crippen molar-refractivity contribution >= 4 is 5.95 Å². The summed E-state index contributed by atoms with van der Waals surface area (Å²) >= 11 is 0. The van der Waals surface area contributed by atoms with Crippen molar-refractivity contribution in [3.8, 4) is 0 Å². The van der Waals surface area contributed by atoms with E-state index in [1.807, 2.05) is 0 Å². The molecule has 0 amide bonds. The fourth-order valence-electron chi connectivity index (χ4n) is 4.70. The van der Waals surface area contributed by atoms with E-state index in [0.29, 0.717) is 0 Å². The Morgan fingerprint density at radius 2 is 2.04 bits per heavy atom. The Hall–Kier alpha value is -1.20. The molecule has 0 aromatic carbocycles. The van der Waals surface area contributed by atoms with Crippen LogP contribution in [0.2, 0.25) is 0 Å². The van der Waals surface area contributed by atoms with Gasteiger partial charge in [-0.15, -0.1) is 0 Å². The lowest BCUT2D eigenvalue weighted by molar-refractivity contribution is -0.171. The summed E-state index contributed by atoms with van der Waals surface area (Å²) in [4.78, 5) is 11.9. The zero-order valence-corrected chi connectivity index (χ0v) is 14.9. The van der Waals surface area contributed by atoms with E-state index >= 15 is 0 Å². The lowest BCUT2D eigenvalue weighted by Gasteiger charge is -2.47. The van der Waals surface area contributed by atoms with Crippen molar-refractivity contribution < 1.29 is 9.84 Å². The third-order valence-electron chi connectivity index (χ3n) is 6.10. The van der Waals surface area contributed by atoms with Gasteiger partial charge in [-0.2, -0.15) is 0 Å². The second kappa shape index (κ2) is 6.26. The molecule has 1 aromatic rings. The molecule has 0 radical (unpaired) electrons. The fraction of sp³-hybridized carbons (Fsp3) is 0.789. The van der Waals surface area contributed by atoms with Crippen molar-refractivity contribution in [3.63, 3.8) is 0 Å². The predicted octanol–water partition coefficient (Wildman–Crippen LogP) is 2.56. The minimum absolute atomic E-state index is 0.138. The maximum Gasteiger partial charge on any atom is 0.225 e. The minimum Gasteiger partial charge on any atom is -0.393 e. The first kappa shape index (κ1) is 16.3. The molecule has 0 unspecified atom stereocenters. The molecule has 5 heteroatoms. The molecule has 1 N–H and O–H groups in total. The first-order chi connectivity index (χ1) is 11.6. The van der Waals surface area contributed by atoms with Crippen LogP contribution in [0.1, 0.15) is 62.4 Å². The Labute approximate surface area is 144 Å². The van der Waals surface area contributed by atoms with Gasteiger partial charge in [0.1, 0.15) is 0 Å². The van der Waals surface area contributed by atoms with E-state index in [-0.39, 0.29) is 17.8 Å². The van der Waals surface area contributed by atoms with Crippen LogP contribution >= 0.6 is 0 Å². The molecule has 1 aliphatic carbocycles. The lowest BCUT2D eigenvalue weighted by Crippen LogP contribution is -2.53. The lowest BCUT2D eigenvalue weighted by atomic mass is 9.81. The van der Waals surface area contributed by atoms with Crippen molar-refractivity contribution in [2.75, 3.05) is 18.0 Å². The number of aliphatic hydroxyl groups is 1. The molecule has 2 saturated heterocycles. The molecule has 24 heavy (non-hydrogen) atoms. The fourth-order valence-corrected chi connectivity index (χ4v) is 4.70. The average Bonchev–Trinajstić information content (AvgIpc) is 3.04. The van der Waals surface area contributed by atoms with Gasteiger partial charge in [-0.1, -0.05) is 6.92 Å². The molecule has 1 aromatic heterocycles. The highest BCUT2D eigenvalue weighted by molar-refractivity contribution is 5.39. The quantitative estimate of drug-likeness (QED) is 0.902. The molecule has 2 atom stereocenters. The Kier molecular flexibility index (Phi) is 4.25. The van der Waals surface area contributed by atoms with Crippen molar-refractivity contribution in [1.82, 2.24) is 9.97 Å². The molecule has 2 fully saturated rings. The molecule has 132 valence electrons. The van der Waals surface area contributed by atoms with Gasteiger partial charge in [0.15, 0.2) is 0 Å². The van der Waals surface area contributed by atoms with E-state index in [2.05, 4.69) is 18.7 Å². The third kappa shape index (κ3) is 2.93. The summed E-state index contributed by atoms with van der Waals surface area (Å²) in [5.41, 5.74) is 3.65. The van der Waals surface area contributed by atoms with Gasteiger partial charge in [-0.05, 0) is 57.4 Å². The number of ether oxygens (including phenoxy) is 1. The number of hydrogen-bond donors (Lipinski definition) is 1. The summed E-state index contributed by atoms with van der Waals surface area (Å²) < 4.78 is 6.39. The van der Waals surface area contributed by atoms with E-state index < -0.39 is 0 Å². The molecule has 5 nitrogen and oxygen atoms in total. The number of aromatic nitrogens is 2. The van der Waals surface area contributed by atoms with E-state index in [9.17, 15) is 5.11 Å². The van der Waals surface area contributed by atoms with Crippen LogP contribution in [-0.4, -0.2) is 46.0 Å². The van der Waals surface area contributed by atoms with Gasteiger partial charge in [-0.25, -0.2) is 9.97 Å². The van der Waals surface area contributed by atoms with Crippen LogP contribution in [0.5, 0.6) is 0 Å². The number of aryl methyl sites for hydroxylation is 2. The molecular formula is C19H29N3O2. The first-order valence-corrected chi connectivity index (χ1v) is 9.56. The summed E-state index contributed by atoms with van der Waals surface area (Å²) in [5.74, 6) is 0.895. The zero-order chi connectivity index (χ0) is 16.7. The first-order valence-electron chi connectivity index (χ1n) is 9.56. The van der Waals surface area contributed by atoms with Crippen molar-refractivity contribution in [1.29, 1.82) is 0 Å². The highest BCUT2D eigenvalue weighted by atomic mass is 16.5. The number of aliphatic hydroxyl groups excluding tert-OH is 1. The number of fused-ring (bicyclic) bond motifs is 1. The molecule has 3 heterocycles. The molecule has 2 aliphatic heterocycles. The number of piperidine rings is 1. The van der Waals surface area contributed by atoms with E-state index in [1.165, 1.54) is 17.7 Å². The second-order valence-electron chi connectivity index (χ2n) is 7.80. The maximum absolute atomic E-state index is 10.2. The largest absolute Gasteiger partial charge is 0.393 e. The Bertz CT molecular complexity index is 611. The highest BCUT2D eigenvalue weighted by Crippen LogP contribution is 2.39. The smallest absolute Gasteiger partial charge is 0.225 e. The summed E-state index contributed by atoms with van der Waals surface area (Å²) in [7, 11) is 0. The predicted molar refractivity (Wildman–Crippen MR) is 93.4 cm³/mol. The van der Waals surface area contributed by atoms with Gasteiger partial charge in [0, 0.05) is 30.9 Å². The monoisotopic (exact) mass is 331 g/mol. The number of hydrogen-bond acceptors (Lipinski definition) is 5. The number of anilines is 1. The van der Waals surface area contributed by atoms with Crippen LogP contribution in [-0.2, 0) is 17.6 Å². The zero-order valence-electron chi connectivity index (χ0n) is 14.9. The highest BCUT2D eigenvalue weighted by Gasteiger charge is 2.43. The van der Waals surface area contributed by atoms with Crippen molar-refractivity contribution in [2.45, 2.75) is 83.0 Å². The Balaban J connectivity index is 1.47. The minimum atomic E-state index is -0.214. The van der Waals surface area contributed by atoms with Crippen LogP contribution < -0.4 is 4.90 Å². The molecule has 0 bridgehead atoms. The van der Waals surface area contributed by atoms with Crippen LogP contribution in [0.15, 0.2) is 0 Å². The van der Waals surface area contributed by atoms with Crippen molar-refractivity contribution in [2.24, 2.45) is 0 Å². The average molecular weight is 331 g/mol. The summed E-state index contributed by atoms with van der Waals surface area (Å²) in [5, 5.41) is 10.2. The van der Waals surface area contributed by atoms with Crippen LogP contribution in [0.3, 0.4) is 0 Å². The van der Waals surface area contributed by atoms with Crippen LogP contribution in [0, 0.1) is 6.92 Å². The summed E-state index contributed by atoms with van der Waals surface area (Å²) in [6.07, 6.45) is 7.90. The number of rotatable bonds is 2. The third-order valence-corrected chi connectivity index (χ3v) is 6.10. The van der Waals surface area contributed by atoms with Gasteiger partial charge in [-0.3, -0.25) is 0 Å². The molecule has 4 rings (SSSR count). The molecular weight excluding hydrogens is 302 g/mol. The maximum atomic E-state index is 10.2. The van der Waals surface area contributed by atoms with E-state index in [1.54, 1.807) is 0 Å². The topological polar surface area (TPSA) is 58.5 Å². The van der Waals surface area contributed by atoms with Gasteiger partial charge in [0.2, 0.25) is 5.95 Å². The number of nitrogens with zero attached hydrogens (tertiary/aromatic N) is 3. The van der Waals surface area contributed by atoms with E-state index in [4.69, 9.17) is 14.7 Å². The van der Waals surface area contributed by atoms with Crippen LogP contribution in [0.25, 0.3) is 0 Å². The van der Waals surface area contributed by atoms with E-state index in [0.717, 1.165) is 69.7 Å². The van der Waals surface area contributed by atoms with Gasteiger partial charge in [0.05, 0.1) is 17.8 Å². The van der Waals surface area contributed by atoms with Crippen molar-refractivity contribution in [3.05, 3.63) is 17.0 Å². The molecule has 0 saturated carbocycles. The SMILES string of the molecule is CC[C@H]1C[C@@H](O)CC2(CCN(c3nc(C)c4c(n3)CCC4)CC2)O1. The summed E-state index contributed by atoms with van der Waals surface area (Å²) in [6, 6.07) is 0.